The maximum absolute atomic E-state index is 12.1. The van der Waals surface area contributed by atoms with Crippen molar-refractivity contribution in [3.05, 3.63) is 29.3 Å². The fourth-order valence-electron chi connectivity index (χ4n) is 4.20. The maximum atomic E-state index is 12.1. The van der Waals surface area contributed by atoms with Crippen molar-refractivity contribution in [3.8, 4) is 0 Å². The van der Waals surface area contributed by atoms with Crippen molar-refractivity contribution in [2.45, 2.75) is 80.9 Å². The van der Waals surface area contributed by atoms with Crippen LogP contribution in [0.25, 0.3) is 0 Å². The van der Waals surface area contributed by atoms with Crippen molar-refractivity contribution < 1.29 is 8.42 Å². The Morgan fingerprint density at radius 3 is 1.91 bits per heavy atom. The van der Waals surface area contributed by atoms with Crippen LogP contribution in [0.15, 0.2) is 23.1 Å². The van der Waals surface area contributed by atoms with E-state index in [0.717, 1.165) is 18.4 Å². The van der Waals surface area contributed by atoms with Gasteiger partial charge in [0.2, 0.25) is 0 Å². The SMILES string of the molecule is O=S(=O)(Cl)c1cc(C2CCCCC2)ccc1C1CCCCC1. The van der Waals surface area contributed by atoms with Crippen LogP contribution >= 0.6 is 10.7 Å². The highest BCUT2D eigenvalue weighted by atomic mass is 35.7. The second-order valence-corrected chi connectivity index (χ2v) is 9.44. The molecule has 0 amide bonds. The van der Waals surface area contributed by atoms with Crippen molar-refractivity contribution in [2.24, 2.45) is 0 Å². The zero-order valence-electron chi connectivity index (χ0n) is 13.1. The van der Waals surface area contributed by atoms with Crippen molar-refractivity contribution in [3.63, 3.8) is 0 Å². The van der Waals surface area contributed by atoms with E-state index < -0.39 is 9.05 Å². The minimum absolute atomic E-state index is 0.359. The molecule has 2 saturated carbocycles. The quantitative estimate of drug-likeness (QED) is 0.660. The molecule has 3 rings (SSSR count). The van der Waals surface area contributed by atoms with Gasteiger partial charge in [-0.15, -0.1) is 0 Å². The molecule has 0 heterocycles. The van der Waals surface area contributed by atoms with E-state index in [0.29, 0.717) is 16.7 Å². The van der Waals surface area contributed by atoms with Crippen molar-refractivity contribution >= 4 is 19.7 Å². The van der Waals surface area contributed by atoms with Gasteiger partial charge in [0, 0.05) is 10.7 Å². The van der Waals surface area contributed by atoms with E-state index in [1.165, 1.54) is 56.9 Å². The lowest BCUT2D eigenvalue weighted by molar-refractivity contribution is 0.434. The van der Waals surface area contributed by atoms with Gasteiger partial charge in [0.1, 0.15) is 0 Å². The third kappa shape index (κ3) is 3.68. The third-order valence-electron chi connectivity index (χ3n) is 5.42. The average molecular weight is 341 g/mol. The fourth-order valence-corrected chi connectivity index (χ4v) is 5.40. The number of rotatable bonds is 3. The van der Waals surface area contributed by atoms with Gasteiger partial charge in [0.05, 0.1) is 4.90 Å². The van der Waals surface area contributed by atoms with E-state index in [1.54, 1.807) is 0 Å². The lowest BCUT2D eigenvalue weighted by Gasteiger charge is -2.26. The zero-order valence-corrected chi connectivity index (χ0v) is 14.6. The average Bonchev–Trinajstić information content (AvgIpc) is 2.55. The molecule has 2 aliphatic carbocycles. The summed E-state index contributed by atoms with van der Waals surface area (Å²) in [5.74, 6) is 0.865. The molecule has 1 aromatic carbocycles. The van der Waals surface area contributed by atoms with Crippen LogP contribution in [-0.2, 0) is 9.05 Å². The first kappa shape index (κ1) is 16.3. The summed E-state index contributed by atoms with van der Waals surface area (Å²) in [6.07, 6.45) is 12.0. The monoisotopic (exact) mass is 340 g/mol. The van der Waals surface area contributed by atoms with Crippen LogP contribution in [-0.4, -0.2) is 8.42 Å². The van der Waals surface area contributed by atoms with E-state index in [-0.39, 0.29) is 0 Å². The first-order valence-corrected chi connectivity index (χ1v) is 10.9. The van der Waals surface area contributed by atoms with Crippen molar-refractivity contribution in [1.82, 2.24) is 0 Å². The first-order chi connectivity index (χ1) is 10.6. The highest BCUT2D eigenvalue weighted by Crippen LogP contribution is 2.40. The van der Waals surface area contributed by atoms with Crippen LogP contribution in [0.4, 0.5) is 0 Å². The second kappa shape index (κ2) is 6.92. The molecule has 22 heavy (non-hydrogen) atoms. The van der Waals surface area contributed by atoms with Crippen molar-refractivity contribution in [2.75, 3.05) is 0 Å². The molecule has 0 atom stereocenters. The molecular weight excluding hydrogens is 316 g/mol. The summed E-state index contributed by atoms with van der Waals surface area (Å²) in [4.78, 5) is 0.379. The predicted octanol–water partition coefficient (Wildman–Crippen LogP) is 5.71. The molecule has 122 valence electrons. The van der Waals surface area contributed by atoms with E-state index in [1.807, 2.05) is 6.07 Å². The van der Waals surface area contributed by atoms with Gasteiger partial charge in [0.25, 0.3) is 9.05 Å². The summed E-state index contributed by atoms with van der Waals surface area (Å²) in [5, 5.41) is 0. The lowest BCUT2D eigenvalue weighted by Crippen LogP contribution is -2.11. The highest BCUT2D eigenvalue weighted by Gasteiger charge is 2.26. The van der Waals surface area contributed by atoms with Crippen LogP contribution in [0, 0.1) is 0 Å². The Balaban J connectivity index is 1.96. The number of hydrogen-bond donors (Lipinski definition) is 0. The minimum Gasteiger partial charge on any atom is -0.207 e. The molecule has 2 aliphatic rings. The largest absolute Gasteiger partial charge is 0.261 e. The normalized spacial score (nSPS) is 21.9. The zero-order chi connectivity index (χ0) is 15.6. The van der Waals surface area contributed by atoms with Gasteiger partial charge < -0.3 is 0 Å². The summed E-state index contributed by atoms with van der Waals surface area (Å²) in [6.45, 7) is 0. The smallest absolute Gasteiger partial charge is 0.207 e. The lowest BCUT2D eigenvalue weighted by atomic mass is 9.81. The third-order valence-corrected chi connectivity index (χ3v) is 6.80. The molecule has 0 bridgehead atoms. The molecule has 0 saturated heterocycles. The standard InChI is InChI=1S/C18H25ClO2S/c19-22(20,21)18-13-16(14-7-3-1-4-8-14)11-12-17(18)15-9-5-2-6-10-15/h11-15H,1-10H2. The molecule has 2 fully saturated rings. The molecule has 0 spiro atoms. The van der Waals surface area contributed by atoms with Gasteiger partial charge in [0.15, 0.2) is 0 Å². The molecule has 1 aromatic rings. The number of hydrogen-bond acceptors (Lipinski definition) is 2. The summed E-state index contributed by atoms with van der Waals surface area (Å²) >= 11 is 0. The summed E-state index contributed by atoms with van der Waals surface area (Å²) in [7, 11) is 2.09. The second-order valence-electron chi connectivity index (χ2n) is 6.90. The fraction of sp³-hybridized carbons (Fsp3) is 0.667. The number of halogens is 1. The maximum Gasteiger partial charge on any atom is 0.261 e. The molecular formula is C18H25ClO2S. The van der Waals surface area contributed by atoms with Crippen LogP contribution in [0.3, 0.4) is 0 Å². The van der Waals surface area contributed by atoms with Gasteiger partial charge in [-0.05, 0) is 54.7 Å². The summed E-state index contributed by atoms with van der Waals surface area (Å²) < 4.78 is 24.2. The Bertz CT molecular complexity index is 612. The van der Waals surface area contributed by atoms with Crippen molar-refractivity contribution in [1.29, 1.82) is 0 Å². The Kier molecular flexibility index (Phi) is 5.13. The van der Waals surface area contributed by atoms with Crippen LogP contribution in [0.5, 0.6) is 0 Å². The van der Waals surface area contributed by atoms with Gasteiger partial charge in [-0.25, -0.2) is 8.42 Å². The Labute approximate surface area is 138 Å². The Hall–Kier alpha value is -0.540. The minimum atomic E-state index is -3.67. The van der Waals surface area contributed by atoms with Gasteiger partial charge >= 0.3 is 0 Å². The predicted molar refractivity (Wildman–Crippen MR) is 91.1 cm³/mol. The van der Waals surface area contributed by atoms with Crippen LogP contribution in [0.1, 0.15) is 87.2 Å². The molecule has 0 unspecified atom stereocenters. The van der Waals surface area contributed by atoms with E-state index in [9.17, 15) is 8.42 Å². The van der Waals surface area contributed by atoms with Crippen LogP contribution < -0.4 is 0 Å². The van der Waals surface area contributed by atoms with E-state index in [2.05, 4.69) is 12.1 Å². The molecule has 0 aliphatic heterocycles. The molecule has 4 heteroatoms. The van der Waals surface area contributed by atoms with Gasteiger partial charge in [-0.3, -0.25) is 0 Å². The van der Waals surface area contributed by atoms with Gasteiger partial charge in [-0.2, -0.15) is 0 Å². The molecule has 0 N–H and O–H groups in total. The Morgan fingerprint density at radius 1 is 0.818 bits per heavy atom. The number of benzene rings is 1. The van der Waals surface area contributed by atoms with E-state index >= 15 is 0 Å². The Morgan fingerprint density at radius 2 is 1.36 bits per heavy atom. The summed E-state index contributed by atoms with van der Waals surface area (Å²) in [5.41, 5.74) is 2.12. The van der Waals surface area contributed by atoms with Gasteiger partial charge in [-0.1, -0.05) is 50.7 Å². The first-order valence-electron chi connectivity index (χ1n) is 8.64. The van der Waals surface area contributed by atoms with Crippen LogP contribution in [0.2, 0.25) is 0 Å². The molecule has 2 nitrogen and oxygen atoms in total. The highest BCUT2D eigenvalue weighted by molar-refractivity contribution is 8.13. The topological polar surface area (TPSA) is 34.1 Å². The summed E-state index contributed by atoms with van der Waals surface area (Å²) in [6, 6.07) is 6.09. The van der Waals surface area contributed by atoms with E-state index in [4.69, 9.17) is 10.7 Å². The molecule has 0 radical (unpaired) electrons. The molecule has 0 aromatic heterocycles.